The quantitative estimate of drug-likeness (QED) is 0.686. The number of nitrogens with zero attached hydrogens (tertiary/aromatic N) is 3. The van der Waals surface area contributed by atoms with Gasteiger partial charge in [-0.05, 0) is 56.8 Å². The molecule has 1 unspecified atom stereocenters. The minimum Gasteiger partial charge on any atom is -0.481 e. The second-order valence-electron chi connectivity index (χ2n) is 8.29. The molecule has 3 fully saturated rings. The molecule has 4 atom stereocenters. The zero-order valence-electron chi connectivity index (χ0n) is 17.2. The standard InChI is InChI=1S/C22H28N4O4/c1-14-24-18(11-19(25-14)20-4-3-9-30-20)17-13-26-8-7-15(17)10-16(26)12-23-21(27)5-2-6-22(28)29/h3-4,9,11,15-17H,2,5-8,10,12-13H2,1H3,(H,23,27)(H,28,29)/t15-,16+,17+/m0/s1. The van der Waals surface area contributed by atoms with Gasteiger partial charge in [0.1, 0.15) is 11.5 Å². The molecule has 30 heavy (non-hydrogen) atoms. The lowest BCUT2D eigenvalue weighted by Gasteiger charge is -2.49. The Labute approximate surface area is 175 Å². The van der Waals surface area contributed by atoms with E-state index in [-0.39, 0.29) is 18.7 Å². The van der Waals surface area contributed by atoms with E-state index in [4.69, 9.17) is 14.5 Å². The number of aliphatic carboxylic acids is 1. The average Bonchev–Trinajstić information content (AvgIpc) is 3.27. The number of nitrogens with one attached hydrogen (secondary N) is 1. The van der Waals surface area contributed by atoms with Crippen molar-refractivity contribution in [1.29, 1.82) is 0 Å². The van der Waals surface area contributed by atoms with Crippen LogP contribution in [0.15, 0.2) is 28.9 Å². The highest BCUT2D eigenvalue weighted by Crippen LogP contribution is 2.41. The average molecular weight is 412 g/mol. The van der Waals surface area contributed by atoms with Crippen LogP contribution in [-0.4, -0.2) is 57.5 Å². The number of rotatable bonds is 8. The summed E-state index contributed by atoms with van der Waals surface area (Å²) in [6, 6.07) is 6.16. The van der Waals surface area contributed by atoms with E-state index in [1.807, 2.05) is 19.1 Å². The fourth-order valence-corrected chi connectivity index (χ4v) is 4.74. The first-order valence-electron chi connectivity index (χ1n) is 10.6. The molecule has 2 bridgehead atoms. The van der Waals surface area contributed by atoms with Gasteiger partial charge in [0.25, 0.3) is 0 Å². The lowest BCUT2D eigenvalue weighted by atomic mass is 9.74. The summed E-state index contributed by atoms with van der Waals surface area (Å²) >= 11 is 0. The second-order valence-corrected chi connectivity index (χ2v) is 8.29. The summed E-state index contributed by atoms with van der Waals surface area (Å²) in [5.41, 5.74) is 1.89. The van der Waals surface area contributed by atoms with Crippen LogP contribution in [0.3, 0.4) is 0 Å². The van der Waals surface area contributed by atoms with Gasteiger partial charge in [0.2, 0.25) is 5.91 Å². The van der Waals surface area contributed by atoms with E-state index in [2.05, 4.69) is 21.3 Å². The summed E-state index contributed by atoms with van der Waals surface area (Å²) in [5, 5.41) is 11.7. The van der Waals surface area contributed by atoms with Crippen molar-refractivity contribution in [2.75, 3.05) is 19.6 Å². The molecule has 0 saturated carbocycles. The fourth-order valence-electron chi connectivity index (χ4n) is 4.74. The van der Waals surface area contributed by atoms with E-state index in [0.717, 1.165) is 48.9 Å². The molecular weight excluding hydrogens is 384 g/mol. The number of aromatic nitrogens is 2. The molecule has 3 saturated heterocycles. The molecule has 2 aromatic rings. The van der Waals surface area contributed by atoms with E-state index in [0.29, 0.717) is 30.8 Å². The Morgan fingerprint density at radius 2 is 2.20 bits per heavy atom. The van der Waals surface area contributed by atoms with Crippen molar-refractivity contribution in [1.82, 2.24) is 20.2 Å². The van der Waals surface area contributed by atoms with Crippen molar-refractivity contribution in [2.24, 2.45) is 5.92 Å². The lowest BCUT2D eigenvalue weighted by Crippen LogP contribution is -2.56. The number of furan rings is 1. The maximum absolute atomic E-state index is 12.0. The zero-order chi connectivity index (χ0) is 21.1. The molecular formula is C22H28N4O4. The van der Waals surface area contributed by atoms with Gasteiger partial charge in [-0.2, -0.15) is 0 Å². The highest BCUT2D eigenvalue weighted by molar-refractivity contribution is 5.76. The van der Waals surface area contributed by atoms with Gasteiger partial charge in [-0.3, -0.25) is 14.5 Å². The van der Waals surface area contributed by atoms with Crippen LogP contribution in [0.4, 0.5) is 0 Å². The van der Waals surface area contributed by atoms with Crippen molar-refractivity contribution < 1.29 is 19.1 Å². The van der Waals surface area contributed by atoms with Crippen LogP contribution >= 0.6 is 0 Å². The third kappa shape index (κ3) is 4.70. The van der Waals surface area contributed by atoms with E-state index in [9.17, 15) is 9.59 Å². The number of piperidine rings is 3. The van der Waals surface area contributed by atoms with Gasteiger partial charge in [-0.15, -0.1) is 0 Å². The molecule has 5 heterocycles. The van der Waals surface area contributed by atoms with Gasteiger partial charge in [-0.1, -0.05) is 0 Å². The smallest absolute Gasteiger partial charge is 0.303 e. The van der Waals surface area contributed by atoms with Crippen molar-refractivity contribution in [3.05, 3.63) is 36.0 Å². The van der Waals surface area contributed by atoms with Crippen LogP contribution in [-0.2, 0) is 9.59 Å². The summed E-state index contributed by atoms with van der Waals surface area (Å²) in [4.78, 5) is 34.3. The molecule has 0 aliphatic carbocycles. The van der Waals surface area contributed by atoms with Crippen LogP contribution < -0.4 is 5.32 Å². The summed E-state index contributed by atoms with van der Waals surface area (Å²) in [6.07, 6.45) is 4.49. The van der Waals surface area contributed by atoms with Crippen molar-refractivity contribution in [3.63, 3.8) is 0 Å². The summed E-state index contributed by atoms with van der Waals surface area (Å²) in [6.45, 7) is 4.50. The number of carbonyl (C=O) groups is 2. The first kappa shape index (κ1) is 20.5. The van der Waals surface area contributed by atoms with Gasteiger partial charge >= 0.3 is 5.97 Å². The first-order chi connectivity index (χ1) is 14.5. The van der Waals surface area contributed by atoms with E-state index < -0.39 is 5.97 Å². The van der Waals surface area contributed by atoms with Gasteiger partial charge in [0.15, 0.2) is 5.76 Å². The van der Waals surface area contributed by atoms with E-state index in [1.54, 1.807) is 6.26 Å². The van der Waals surface area contributed by atoms with E-state index in [1.165, 1.54) is 0 Å². The van der Waals surface area contributed by atoms with Gasteiger partial charge in [-0.25, -0.2) is 9.97 Å². The molecule has 5 rings (SSSR count). The number of aryl methyl sites for hydroxylation is 1. The predicted octanol–water partition coefficient (Wildman–Crippen LogP) is 2.59. The predicted molar refractivity (Wildman–Crippen MR) is 110 cm³/mol. The van der Waals surface area contributed by atoms with Crippen molar-refractivity contribution >= 4 is 11.9 Å². The minimum absolute atomic E-state index is 0.0328. The number of carboxylic acids is 1. The molecule has 8 heteroatoms. The molecule has 160 valence electrons. The maximum atomic E-state index is 12.0. The van der Waals surface area contributed by atoms with Gasteiger partial charge in [0.05, 0.1) is 6.26 Å². The fraction of sp³-hybridized carbons (Fsp3) is 0.545. The molecule has 0 aromatic carbocycles. The molecule has 3 aliphatic rings. The Morgan fingerprint density at radius 3 is 2.90 bits per heavy atom. The van der Waals surface area contributed by atoms with Crippen molar-refractivity contribution in [3.8, 4) is 11.5 Å². The number of carboxylic acid groups (broad SMARTS) is 1. The first-order valence-corrected chi connectivity index (χ1v) is 10.6. The van der Waals surface area contributed by atoms with Gasteiger partial charge < -0.3 is 14.8 Å². The van der Waals surface area contributed by atoms with Crippen LogP contribution in [0, 0.1) is 12.8 Å². The Kier molecular flexibility index (Phi) is 6.13. The lowest BCUT2D eigenvalue weighted by molar-refractivity contribution is -0.137. The molecule has 0 radical (unpaired) electrons. The van der Waals surface area contributed by atoms with E-state index >= 15 is 0 Å². The molecule has 2 N–H and O–H groups in total. The number of hydrogen-bond donors (Lipinski definition) is 2. The highest BCUT2D eigenvalue weighted by Gasteiger charge is 2.41. The summed E-state index contributed by atoms with van der Waals surface area (Å²) < 4.78 is 5.52. The topological polar surface area (TPSA) is 109 Å². The van der Waals surface area contributed by atoms with Gasteiger partial charge in [0, 0.05) is 43.6 Å². The Morgan fingerprint density at radius 1 is 1.33 bits per heavy atom. The Bertz CT molecular complexity index is 899. The third-order valence-electron chi connectivity index (χ3n) is 6.22. The van der Waals surface area contributed by atoms with Crippen LogP contribution in [0.5, 0.6) is 0 Å². The molecule has 1 amide bonds. The summed E-state index contributed by atoms with van der Waals surface area (Å²) in [7, 11) is 0. The Hall–Kier alpha value is -2.74. The largest absolute Gasteiger partial charge is 0.481 e. The van der Waals surface area contributed by atoms with Crippen LogP contribution in [0.25, 0.3) is 11.5 Å². The van der Waals surface area contributed by atoms with Crippen LogP contribution in [0.2, 0.25) is 0 Å². The number of fused-ring (bicyclic) bond motifs is 3. The molecule has 3 aliphatic heterocycles. The summed E-state index contributed by atoms with van der Waals surface area (Å²) in [5.74, 6) is 1.47. The minimum atomic E-state index is -0.861. The highest BCUT2D eigenvalue weighted by atomic mass is 16.4. The Balaban J connectivity index is 1.37. The number of amides is 1. The second kappa shape index (κ2) is 8.95. The number of hydrogen-bond acceptors (Lipinski definition) is 6. The third-order valence-corrected chi connectivity index (χ3v) is 6.22. The molecule has 0 spiro atoms. The normalized spacial score (nSPS) is 25.2. The number of carbonyl (C=O) groups excluding carboxylic acids is 1. The molecule has 2 aromatic heterocycles. The van der Waals surface area contributed by atoms with Crippen molar-refractivity contribution in [2.45, 2.75) is 51.0 Å². The zero-order valence-corrected chi connectivity index (χ0v) is 17.2. The molecule has 8 nitrogen and oxygen atoms in total. The van der Waals surface area contributed by atoms with Crippen LogP contribution in [0.1, 0.15) is 49.5 Å². The maximum Gasteiger partial charge on any atom is 0.303 e. The monoisotopic (exact) mass is 412 g/mol. The SMILES string of the molecule is Cc1nc(-c2ccco2)cc([C@@H]2CN3CC[C@H]2C[C@@H]3CNC(=O)CCCC(=O)O)n1.